The molecule has 2 aromatic rings. The predicted molar refractivity (Wildman–Crippen MR) is 96.3 cm³/mol. The summed E-state index contributed by atoms with van der Waals surface area (Å²) in [6.07, 6.45) is 1.09. The van der Waals surface area contributed by atoms with Crippen LogP contribution >= 0.6 is 0 Å². The fourth-order valence-electron chi connectivity index (χ4n) is 2.82. The molecule has 0 spiro atoms. The number of hydrogen-bond acceptors (Lipinski definition) is 6. The molecule has 1 aliphatic rings. The van der Waals surface area contributed by atoms with E-state index in [4.69, 9.17) is 15.9 Å². The quantitative estimate of drug-likeness (QED) is 0.644. The summed E-state index contributed by atoms with van der Waals surface area (Å²) < 4.78 is 19.1. The minimum absolute atomic E-state index is 0.0279. The van der Waals surface area contributed by atoms with Crippen molar-refractivity contribution in [3.05, 3.63) is 41.9 Å². The van der Waals surface area contributed by atoms with E-state index in [9.17, 15) is 4.39 Å². The Morgan fingerprint density at radius 1 is 1.36 bits per heavy atom. The van der Waals surface area contributed by atoms with Crippen LogP contribution in [0.2, 0.25) is 0 Å². The van der Waals surface area contributed by atoms with Gasteiger partial charge in [-0.2, -0.15) is 0 Å². The van der Waals surface area contributed by atoms with Crippen molar-refractivity contribution in [2.75, 3.05) is 23.7 Å². The lowest BCUT2D eigenvalue weighted by molar-refractivity contribution is 0.242. The number of aromatic nitrogens is 2. The molecule has 3 rings (SSSR count). The van der Waals surface area contributed by atoms with E-state index in [0.717, 1.165) is 0 Å². The molecule has 1 aromatic heterocycles. The second kappa shape index (κ2) is 7.04. The van der Waals surface area contributed by atoms with Crippen LogP contribution in [0.4, 0.5) is 15.9 Å². The smallest absolute Gasteiger partial charge is 0.132 e. The van der Waals surface area contributed by atoms with Crippen LogP contribution in [0.1, 0.15) is 31.5 Å². The van der Waals surface area contributed by atoms with Gasteiger partial charge in [0.2, 0.25) is 0 Å². The summed E-state index contributed by atoms with van der Waals surface area (Å²) in [6, 6.07) is 6.95. The highest BCUT2D eigenvalue weighted by Gasteiger charge is 2.23. The first kappa shape index (κ1) is 17.1. The summed E-state index contributed by atoms with van der Waals surface area (Å²) >= 11 is 0. The molecule has 0 amide bonds. The van der Waals surface area contributed by atoms with Gasteiger partial charge in [-0.15, -0.1) is 0 Å². The third kappa shape index (κ3) is 3.87. The molecule has 1 atom stereocenters. The SMILES string of the molecule is CC(C)Oc1ccc(N)c(C(=N)c2cc(N3CC[C@H](F)C3)ncn2)c1. The number of nitrogen functional groups attached to an aromatic ring is 1. The van der Waals surface area contributed by atoms with Gasteiger partial charge < -0.3 is 15.4 Å². The summed E-state index contributed by atoms with van der Waals surface area (Å²) in [5.74, 6) is 1.28. The minimum Gasteiger partial charge on any atom is -0.491 e. The Labute approximate surface area is 146 Å². The lowest BCUT2D eigenvalue weighted by atomic mass is 10.0. The normalized spacial score (nSPS) is 17.1. The van der Waals surface area contributed by atoms with Crippen molar-refractivity contribution in [1.82, 2.24) is 9.97 Å². The Bertz CT molecular complexity index is 780. The second-order valence-electron chi connectivity index (χ2n) is 6.38. The maximum atomic E-state index is 13.4. The molecule has 1 saturated heterocycles. The maximum Gasteiger partial charge on any atom is 0.132 e. The van der Waals surface area contributed by atoms with E-state index in [1.165, 1.54) is 6.33 Å². The Kier molecular flexibility index (Phi) is 4.83. The second-order valence-corrected chi connectivity index (χ2v) is 6.38. The first-order chi connectivity index (χ1) is 11.9. The minimum atomic E-state index is -0.835. The van der Waals surface area contributed by atoms with Crippen LogP contribution < -0.4 is 15.4 Å². The average Bonchev–Trinajstić information content (AvgIpc) is 3.02. The van der Waals surface area contributed by atoms with Crippen LogP contribution in [0.25, 0.3) is 0 Å². The Morgan fingerprint density at radius 3 is 2.84 bits per heavy atom. The molecule has 0 saturated carbocycles. The molecule has 0 unspecified atom stereocenters. The van der Waals surface area contributed by atoms with Crippen molar-refractivity contribution < 1.29 is 9.13 Å². The highest BCUT2D eigenvalue weighted by atomic mass is 19.1. The van der Waals surface area contributed by atoms with Crippen LogP contribution in [-0.4, -0.2) is 41.0 Å². The van der Waals surface area contributed by atoms with Gasteiger partial charge >= 0.3 is 0 Å². The molecule has 2 heterocycles. The van der Waals surface area contributed by atoms with E-state index in [1.807, 2.05) is 18.7 Å². The standard InChI is InChI=1S/C18H22FN5O/c1-11(2)25-13-3-4-15(20)14(7-13)18(21)16-8-17(23-10-22-16)24-6-5-12(19)9-24/h3-4,7-8,10-12,21H,5-6,9,20H2,1-2H3/t12-/m0/s1. The summed E-state index contributed by atoms with van der Waals surface area (Å²) in [5.41, 5.74) is 7.70. The molecule has 0 aliphatic carbocycles. The van der Waals surface area contributed by atoms with Crippen molar-refractivity contribution in [2.45, 2.75) is 32.5 Å². The molecule has 7 heteroatoms. The zero-order chi connectivity index (χ0) is 18.0. The maximum absolute atomic E-state index is 13.4. The summed E-state index contributed by atoms with van der Waals surface area (Å²) in [7, 11) is 0. The number of rotatable bonds is 5. The van der Waals surface area contributed by atoms with Crippen LogP contribution in [0, 0.1) is 5.41 Å². The first-order valence-corrected chi connectivity index (χ1v) is 8.30. The number of anilines is 2. The van der Waals surface area contributed by atoms with Crippen LogP contribution in [0.5, 0.6) is 5.75 Å². The Hall–Kier alpha value is -2.70. The van der Waals surface area contributed by atoms with Crippen LogP contribution in [0.15, 0.2) is 30.6 Å². The van der Waals surface area contributed by atoms with Gasteiger partial charge in [0.15, 0.2) is 0 Å². The fraction of sp³-hybridized carbons (Fsp3) is 0.389. The molecule has 6 nitrogen and oxygen atoms in total. The van der Waals surface area contributed by atoms with Gasteiger partial charge in [-0.05, 0) is 38.5 Å². The lowest BCUT2D eigenvalue weighted by Crippen LogP contribution is -2.22. The lowest BCUT2D eigenvalue weighted by Gasteiger charge is -2.17. The van der Waals surface area contributed by atoms with E-state index in [1.54, 1.807) is 24.3 Å². The van der Waals surface area contributed by atoms with Gasteiger partial charge in [0.05, 0.1) is 24.1 Å². The summed E-state index contributed by atoms with van der Waals surface area (Å²) in [6.45, 7) is 4.81. The molecule has 132 valence electrons. The summed E-state index contributed by atoms with van der Waals surface area (Å²) in [4.78, 5) is 10.3. The predicted octanol–water partition coefficient (Wildman–Crippen LogP) is 2.81. The van der Waals surface area contributed by atoms with Gasteiger partial charge in [0.25, 0.3) is 0 Å². The molecule has 25 heavy (non-hydrogen) atoms. The number of nitrogens with zero attached hydrogens (tertiary/aromatic N) is 3. The molecular formula is C18H22FN5O. The van der Waals surface area contributed by atoms with Crippen molar-refractivity contribution in [3.8, 4) is 5.75 Å². The number of alkyl halides is 1. The van der Waals surface area contributed by atoms with Crippen molar-refractivity contribution >= 4 is 17.2 Å². The topological polar surface area (TPSA) is 88.1 Å². The molecule has 3 N–H and O–H groups in total. The zero-order valence-electron chi connectivity index (χ0n) is 14.4. The van der Waals surface area contributed by atoms with Crippen molar-refractivity contribution in [2.24, 2.45) is 0 Å². The largest absolute Gasteiger partial charge is 0.491 e. The van der Waals surface area contributed by atoms with Crippen LogP contribution in [0.3, 0.4) is 0 Å². The van der Waals surface area contributed by atoms with Gasteiger partial charge in [-0.1, -0.05) is 0 Å². The number of hydrogen-bond donors (Lipinski definition) is 2. The molecule has 1 fully saturated rings. The highest BCUT2D eigenvalue weighted by Crippen LogP contribution is 2.25. The number of nitrogens with one attached hydrogen (secondary N) is 1. The molecular weight excluding hydrogens is 321 g/mol. The molecule has 1 aliphatic heterocycles. The monoisotopic (exact) mass is 343 g/mol. The third-order valence-electron chi connectivity index (χ3n) is 4.03. The third-order valence-corrected chi connectivity index (χ3v) is 4.03. The first-order valence-electron chi connectivity index (χ1n) is 8.30. The van der Waals surface area contributed by atoms with E-state index in [0.29, 0.717) is 48.0 Å². The number of ether oxygens (including phenoxy) is 1. The molecule has 0 bridgehead atoms. The average molecular weight is 343 g/mol. The fourth-order valence-corrected chi connectivity index (χ4v) is 2.82. The molecule has 0 radical (unpaired) electrons. The number of nitrogens with two attached hydrogens (primary N) is 1. The number of benzene rings is 1. The molecule has 1 aromatic carbocycles. The van der Waals surface area contributed by atoms with Crippen LogP contribution in [-0.2, 0) is 0 Å². The van der Waals surface area contributed by atoms with E-state index in [2.05, 4.69) is 9.97 Å². The highest BCUT2D eigenvalue weighted by molar-refractivity contribution is 6.13. The van der Waals surface area contributed by atoms with E-state index in [-0.39, 0.29) is 11.8 Å². The van der Waals surface area contributed by atoms with Gasteiger partial charge in [0.1, 0.15) is 24.1 Å². The van der Waals surface area contributed by atoms with Gasteiger partial charge in [-0.3, -0.25) is 5.41 Å². The Morgan fingerprint density at radius 2 is 2.16 bits per heavy atom. The van der Waals surface area contributed by atoms with E-state index < -0.39 is 6.17 Å². The van der Waals surface area contributed by atoms with Gasteiger partial charge in [0, 0.05) is 23.9 Å². The van der Waals surface area contributed by atoms with Gasteiger partial charge in [-0.25, -0.2) is 14.4 Å². The van der Waals surface area contributed by atoms with Crippen molar-refractivity contribution in [1.29, 1.82) is 5.41 Å². The zero-order valence-corrected chi connectivity index (χ0v) is 14.4. The number of halogens is 1. The van der Waals surface area contributed by atoms with E-state index >= 15 is 0 Å². The Balaban J connectivity index is 1.88. The summed E-state index contributed by atoms with van der Waals surface area (Å²) in [5, 5.41) is 8.48. The van der Waals surface area contributed by atoms with Crippen molar-refractivity contribution in [3.63, 3.8) is 0 Å².